The monoisotopic (exact) mass is 323 g/mol. The Labute approximate surface area is 130 Å². The molecule has 1 aromatic rings. The first-order valence-electron chi connectivity index (χ1n) is 6.47. The third-order valence-electron chi connectivity index (χ3n) is 3.30. The Morgan fingerprint density at radius 1 is 1.30 bits per heavy atom. The fraction of sp³-hybridized carbons (Fsp3) is 0.333. The van der Waals surface area contributed by atoms with Gasteiger partial charge in [0.05, 0.1) is 22.6 Å². The summed E-state index contributed by atoms with van der Waals surface area (Å²) in [4.78, 5) is 10.1. The summed E-state index contributed by atoms with van der Waals surface area (Å²) in [6.07, 6.45) is -3.14. The molecular formula is C15H12F3N3O2. The van der Waals surface area contributed by atoms with E-state index in [1.165, 1.54) is 6.08 Å². The molecule has 1 rings (SSSR count). The lowest BCUT2D eigenvalue weighted by Crippen LogP contribution is -2.20. The highest BCUT2D eigenvalue weighted by atomic mass is 19.4. The van der Waals surface area contributed by atoms with Gasteiger partial charge in [0.15, 0.2) is 0 Å². The van der Waals surface area contributed by atoms with E-state index in [9.17, 15) is 33.8 Å². The van der Waals surface area contributed by atoms with Gasteiger partial charge in [0.2, 0.25) is 0 Å². The topological polar surface area (TPSA) is 90.7 Å². The second-order valence-electron chi connectivity index (χ2n) is 4.91. The predicted molar refractivity (Wildman–Crippen MR) is 74.9 cm³/mol. The van der Waals surface area contributed by atoms with E-state index < -0.39 is 27.8 Å². The van der Waals surface area contributed by atoms with Crippen molar-refractivity contribution >= 4 is 5.69 Å². The van der Waals surface area contributed by atoms with Crippen molar-refractivity contribution in [2.24, 2.45) is 5.41 Å². The minimum absolute atomic E-state index is 0.0850. The largest absolute Gasteiger partial charge is 0.416 e. The molecule has 120 valence electrons. The summed E-state index contributed by atoms with van der Waals surface area (Å²) in [5.74, 6) is 0. The van der Waals surface area contributed by atoms with Crippen molar-refractivity contribution in [2.45, 2.75) is 25.4 Å². The average molecular weight is 323 g/mol. The second kappa shape index (κ2) is 6.93. The van der Waals surface area contributed by atoms with Crippen LogP contribution >= 0.6 is 0 Å². The van der Waals surface area contributed by atoms with Crippen molar-refractivity contribution in [1.82, 2.24) is 0 Å². The van der Waals surface area contributed by atoms with E-state index in [1.54, 1.807) is 12.1 Å². The van der Waals surface area contributed by atoms with Crippen molar-refractivity contribution in [3.63, 3.8) is 0 Å². The summed E-state index contributed by atoms with van der Waals surface area (Å²) in [5.41, 5.74) is -3.55. The van der Waals surface area contributed by atoms with Crippen LogP contribution in [0, 0.1) is 38.2 Å². The summed E-state index contributed by atoms with van der Waals surface area (Å²) >= 11 is 0. The molecule has 0 heterocycles. The maximum atomic E-state index is 12.7. The van der Waals surface area contributed by atoms with E-state index >= 15 is 0 Å². The highest BCUT2D eigenvalue weighted by Gasteiger charge is 2.36. The molecule has 0 radical (unpaired) electrons. The van der Waals surface area contributed by atoms with Crippen LogP contribution < -0.4 is 0 Å². The number of alkyl halides is 3. The van der Waals surface area contributed by atoms with E-state index in [-0.39, 0.29) is 18.4 Å². The van der Waals surface area contributed by atoms with Gasteiger partial charge in [0.1, 0.15) is 5.41 Å². The first kappa shape index (κ1) is 18.2. The third-order valence-corrected chi connectivity index (χ3v) is 3.30. The Balaban J connectivity index is 3.32. The Morgan fingerprint density at radius 3 is 2.35 bits per heavy atom. The molecule has 0 saturated carbocycles. The Hall–Kier alpha value is -2.87. The van der Waals surface area contributed by atoms with Crippen LogP contribution in [-0.2, 0) is 12.6 Å². The zero-order valence-corrected chi connectivity index (χ0v) is 11.9. The molecule has 0 fully saturated rings. The first-order chi connectivity index (χ1) is 10.7. The van der Waals surface area contributed by atoms with E-state index in [4.69, 9.17) is 0 Å². The van der Waals surface area contributed by atoms with Gasteiger partial charge in [-0.25, -0.2) is 0 Å². The molecule has 5 nitrogen and oxygen atoms in total. The maximum absolute atomic E-state index is 12.7. The summed E-state index contributed by atoms with van der Waals surface area (Å²) in [5, 5.41) is 29.5. The van der Waals surface area contributed by atoms with E-state index in [1.807, 2.05) is 0 Å². The van der Waals surface area contributed by atoms with Crippen molar-refractivity contribution in [2.75, 3.05) is 0 Å². The summed E-state index contributed by atoms with van der Waals surface area (Å²) in [7, 11) is 0. The van der Waals surface area contributed by atoms with Crippen LogP contribution in [0.4, 0.5) is 18.9 Å². The number of hydrogen-bond donors (Lipinski definition) is 0. The molecule has 23 heavy (non-hydrogen) atoms. The fourth-order valence-corrected chi connectivity index (χ4v) is 2.04. The van der Waals surface area contributed by atoms with Gasteiger partial charge < -0.3 is 0 Å². The van der Waals surface area contributed by atoms with Gasteiger partial charge in [-0.1, -0.05) is 12.1 Å². The zero-order chi connectivity index (χ0) is 17.7. The molecule has 1 aromatic carbocycles. The molecule has 0 aliphatic heterocycles. The van der Waals surface area contributed by atoms with Crippen molar-refractivity contribution in [3.8, 4) is 12.1 Å². The molecule has 0 amide bonds. The van der Waals surface area contributed by atoms with Gasteiger partial charge in [0, 0.05) is 18.1 Å². The lowest BCUT2D eigenvalue weighted by molar-refractivity contribution is -0.385. The highest BCUT2D eigenvalue weighted by Crippen LogP contribution is 2.36. The van der Waals surface area contributed by atoms with Gasteiger partial charge in [0.25, 0.3) is 5.69 Å². The maximum Gasteiger partial charge on any atom is 0.416 e. The number of nitro benzene ring substituents is 1. The number of nitriles is 2. The smallest absolute Gasteiger partial charge is 0.258 e. The number of nitro groups is 1. The van der Waals surface area contributed by atoms with Gasteiger partial charge in [-0.3, -0.25) is 10.1 Å². The lowest BCUT2D eigenvalue weighted by Gasteiger charge is -2.18. The number of allylic oxidation sites excluding steroid dienone is 1. The number of benzene rings is 1. The standard InChI is InChI=1S/C15H12F3N3O2/c1-2-3-6-14(9-19,10-20)8-11-4-5-12(15(16,17)18)7-13(11)21(22)23/h2,4-5,7H,1,3,6,8H2. The van der Waals surface area contributed by atoms with E-state index in [2.05, 4.69) is 6.58 Å². The second-order valence-corrected chi connectivity index (χ2v) is 4.91. The minimum Gasteiger partial charge on any atom is -0.258 e. The number of hydrogen-bond acceptors (Lipinski definition) is 4. The van der Waals surface area contributed by atoms with Crippen LogP contribution in [0.5, 0.6) is 0 Å². The number of rotatable bonds is 6. The molecule has 8 heteroatoms. The van der Waals surface area contributed by atoms with Crippen LogP contribution in [0.25, 0.3) is 0 Å². The van der Waals surface area contributed by atoms with E-state index in [0.29, 0.717) is 18.6 Å². The van der Waals surface area contributed by atoms with Gasteiger partial charge >= 0.3 is 6.18 Å². The fourth-order valence-electron chi connectivity index (χ4n) is 2.04. The molecule has 0 bridgehead atoms. The molecule has 0 unspecified atom stereocenters. The third kappa shape index (κ3) is 4.30. The van der Waals surface area contributed by atoms with Crippen LogP contribution in [0.15, 0.2) is 30.9 Å². The quantitative estimate of drug-likeness (QED) is 0.446. The summed E-state index contributed by atoms with van der Waals surface area (Å²) in [6.45, 7) is 3.47. The van der Waals surface area contributed by atoms with Crippen molar-refractivity contribution in [3.05, 3.63) is 52.1 Å². The molecular weight excluding hydrogens is 311 g/mol. The van der Waals surface area contributed by atoms with Gasteiger partial charge in [-0.2, -0.15) is 23.7 Å². The van der Waals surface area contributed by atoms with Crippen LogP contribution in [-0.4, -0.2) is 4.92 Å². The summed E-state index contributed by atoms with van der Waals surface area (Å²) in [6, 6.07) is 5.68. The van der Waals surface area contributed by atoms with Crippen molar-refractivity contribution < 1.29 is 18.1 Å². The SMILES string of the molecule is C=CCCC(C#N)(C#N)Cc1ccc(C(F)(F)F)cc1[N+](=O)[O-]. The Kier molecular flexibility index (Phi) is 5.47. The average Bonchev–Trinajstić information content (AvgIpc) is 2.50. The Bertz CT molecular complexity index is 685. The Morgan fingerprint density at radius 2 is 1.91 bits per heavy atom. The molecule has 0 N–H and O–H groups in total. The van der Waals surface area contributed by atoms with Crippen molar-refractivity contribution in [1.29, 1.82) is 10.5 Å². The predicted octanol–water partition coefficient (Wildman–Crippen LogP) is 4.16. The first-order valence-corrected chi connectivity index (χ1v) is 6.47. The molecule has 0 spiro atoms. The molecule has 0 aromatic heterocycles. The summed E-state index contributed by atoms with van der Waals surface area (Å²) < 4.78 is 38.0. The van der Waals surface area contributed by atoms with Crippen LogP contribution in [0.3, 0.4) is 0 Å². The van der Waals surface area contributed by atoms with Crippen LogP contribution in [0.2, 0.25) is 0 Å². The minimum atomic E-state index is -4.71. The highest BCUT2D eigenvalue weighted by molar-refractivity contribution is 5.46. The molecule has 0 aliphatic rings. The zero-order valence-electron chi connectivity index (χ0n) is 11.9. The molecule has 0 atom stereocenters. The lowest BCUT2D eigenvalue weighted by atomic mass is 9.80. The van der Waals surface area contributed by atoms with Gasteiger partial charge in [-0.15, -0.1) is 6.58 Å². The van der Waals surface area contributed by atoms with Crippen LogP contribution in [0.1, 0.15) is 24.0 Å². The normalized spacial score (nSPS) is 11.3. The molecule has 0 saturated heterocycles. The number of nitrogens with zero attached hydrogens (tertiary/aromatic N) is 3. The molecule has 0 aliphatic carbocycles. The van der Waals surface area contributed by atoms with Gasteiger partial charge in [-0.05, 0) is 18.9 Å². The van der Waals surface area contributed by atoms with E-state index in [0.717, 1.165) is 6.07 Å². The number of halogens is 3.